The smallest absolute Gasteiger partial charge is 0.126 e. The second kappa shape index (κ2) is 6.81. The maximum absolute atomic E-state index is 13.3. The molecule has 0 aliphatic heterocycles. The van der Waals surface area contributed by atoms with Gasteiger partial charge >= 0.3 is 0 Å². The molecule has 0 aliphatic rings. The van der Waals surface area contributed by atoms with Crippen LogP contribution in [0, 0.1) is 25.5 Å². The molecular weight excluding hydrogens is 268 g/mol. The lowest BCUT2D eigenvalue weighted by Crippen LogP contribution is -2.23. The van der Waals surface area contributed by atoms with Gasteiger partial charge < -0.3 is 5.32 Å². The Morgan fingerprint density at radius 2 is 1.48 bits per heavy atom. The van der Waals surface area contributed by atoms with Crippen LogP contribution in [0.15, 0.2) is 36.4 Å². The number of likely N-dealkylation sites (N-methyl/N-ethyl adjacent to an activating group) is 1. The van der Waals surface area contributed by atoms with Gasteiger partial charge in [-0.3, -0.25) is 0 Å². The Labute approximate surface area is 125 Å². The molecule has 2 rings (SSSR count). The summed E-state index contributed by atoms with van der Waals surface area (Å²) >= 11 is 0. The van der Waals surface area contributed by atoms with Crippen molar-refractivity contribution in [2.45, 2.75) is 33.2 Å². The zero-order valence-electron chi connectivity index (χ0n) is 12.7. The summed E-state index contributed by atoms with van der Waals surface area (Å²) in [6, 6.07) is 10.1. The molecule has 0 saturated heterocycles. The van der Waals surface area contributed by atoms with Crippen LogP contribution in [0.4, 0.5) is 8.78 Å². The van der Waals surface area contributed by atoms with Crippen molar-refractivity contribution in [1.29, 1.82) is 0 Å². The Kier molecular flexibility index (Phi) is 5.07. The fraction of sp³-hybridized carbons (Fsp3) is 0.333. The van der Waals surface area contributed by atoms with E-state index in [1.54, 1.807) is 0 Å². The highest BCUT2D eigenvalue weighted by Crippen LogP contribution is 2.22. The van der Waals surface area contributed by atoms with E-state index in [0.29, 0.717) is 12.0 Å². The Balaban J connectivity index is 2.30. The van der Waals surface area contributed by atoms with Crippen molar-refractivity contribution in [1.82, 2.24) is 5.32 Å². The first-order valence-corrected chi connectivity index (χ1v) is 7.24. The summed E-state index contributed by atoms with van der Waals surface area (Å²) in [6.07, 6.45) is 0.561. The molecular formula is C18H21F2N. The normalized spacial score (nSPS) is 12.4. The summed E-state index contributed by atoms with van der Waals surface area (Å²) in [4.78, 5) is 0. The number of rotatable bonds is 5. The summed E-state index contributed by atoms with van der Waals surface area (Å²) in [5, 5.41) is 3.40. The highest BCUT2D eigenvalue weighted by Gasteiger charge is 2.13. The van der Waals surface area contributed by atoms with E-state index in [9.17, 15) is 8.78 Å². The van der Waals surface area contributed by atoms with Crippen molar-refractivity contribution in [3.63, 3.8) is 0 Å². The molecule has 1 unspecified atom stereocenters. The van der Waals surface area contributed by atoms with Crippen LogP contribution >= 0.6 is 0 Å². The van der Waals surface area contributed by atoms with Gasteiger partial charge in [0.2, 0.25) is 0 Å². The van der Waals surface area contributed by atoms with Crippen molar-refractivity contribution in [3.8, 4) is 0 Å². The number of benzene rings is 2. The molecule has 1 atom stereocenters. The van der Waals surface area contributed by atoms with Crippen LogP contribution in [0.5, 0.6) is 0 Å². The summed E-state index contributed by atoms with van der Waals surface area (Å²) in [5.74, 6) is -1.05. The van der Waals surface area contributed by atoms with Crippen LogP contribution in [0.2, 0.25) is 0 Å². The zero-order valence-corrected chi connectivity index (χ0v) is 12.7. The minimum absolute atomic E-state index is 0.0507. The molecule has 0 bridgehead atoms. The van der Waals surface area contributed by atoms with E-state index in [1.807, 2.05) is 6.92 Å². The molecule has 0 spiro atoms. The van der Waals surface area contributed by atoms with Crippen molar-refractivity contribution < 1.29 is 8.78 Å². The molecule has 0 saturated carbocycles. The Morgan fingerprint density at radius 3 is 2.00 bits per heavy atom. The molecule has 0 fully saturated rings. The Morgan fingerprint density at radius 1 is 0.905 bits per heavy atom. The van der Waals surface area contributed by atoms with E-state index >= 15 is 0 Å². The monoisotopic (exact) mass is 289 g/mol. The molecule has 0 amide bonds. The second-order valence-corrected chi connectivity index (χ2v) is 5.51. The molecule has 0 aliphatic carbocycles. The highest BCUT2D eigenvalue weighted by molar-refractivity contribution is 5.32. The zero-order chi connectivity index (χ0) is 15.4. The topological polar surface area (TPSA) is 12.0 Å². The van der Waals surface area contributed by atoms with Gasteiger partial charge in [-0.1, -0.05) is 36.2 Å². The first-order valence-electron chi connectivity index (χ1n) is 7.24. The van der Waals surface area contributed by atoms with Crippen LogP contribution in [0.1, 0.15) is 35.2 Å². The predicted octanol–water partition coefficient (Wildman–Crippen LogP) is 4.47. The van der Waals surface area contributed by atoms with E-state index in [1.165, 1.54) is 23.3 Å². The van der Waals surface area contributed by atoms with Gasteiger partial charge in [-0.05, 0) is 50.1 Å². The molecule has 0 radical (unpaired) electrons. The summed E-state index contributed by atoms with van der Waals surface area (Å²) in [7, 11) is 0. The molecule has 1 N–H and O–H groups in total. The lowest BCUT2D eigenvalue weighted by molar-refractivity contribution is 0.538. The number of halogens is 2. The van der Waals surface area contributed by atoms with Crippen molar-refractivity contribution in [2.24, 2.45) is 0 Å². The maximum atomic E-state index is 13.3. The van der Waals surface area contributed by atoms with E-state index in [2.05, 4.69) is 37.4 Å². The summed E-state index contributed by atoms with van der Waals surface area (Å²) in [5.41, 5.74) is 4.20. The van der Waals surface area contributed by atoms with Crippen molar-refractivity contribution in [2.75, 3.05) is 6.54 Å². The SMILES string of the molecule is CCNC(Cc1cc(F)cc(F)c1)c1cc(C)cc(C)c1. The van der Waals surface area contributed by atoms with Gasteiger partial charge in [0.1, 0.15) is 11.6 Å². The minimum Gasteiger partial charge on any atom is -0.310 e. The standard InChI is InChI=1S/C18H21F2N/c1-4-21-18(15-6-12(2)5-13(3)7-15)10-14-8-16(19)11-17(20)9-14/h5-9,11,18,21H,4,10H2,1-3H3. The molecule has 2 aromatic rings. The van der Waals surface area contributed by atoms with Gasteiger partial charge in [0.25, 0.3) is 0 Å². The fourth-order valence-electron chi connectivity index (χ4n) is 2.73. The first-order chi connectivity index (χ1) is 9.97. The molecule has 1 nitrogen and oxygen atoms in total. The largest absolute Gasteiger partial charge is 0.310 e. The number of nitrogens with one attached hydrogen (secondary N) is 1. The number of hydrogen-bond acceptors (Lipinski definition) is 1. The van der Waals surface area contributed by atoms with Crippen LogP contribution in [0.3, 0.4) is 0 Å². The first kappa shape index (κ1) is 15.6. The number of aryl methyl sites for hydroxylation is 2. The van der Waals surface area contributed by atoms with Crippen molar-refractivity contribution >= 4 is 0 Å². The molecule has 112 valence electrons. The Hall–Kier alpha value is -1.74. The summed E-state index contributed by atoms with van der Waals surface area (Å²) in [6.45, 7) is 6.94. The summed E-state index contributed by atoms with van der Waals surface area (Å²) < 4.78 is 26.7. The minimum atomic E-state index is -0.527. The fourth-order valence-corrected chi connectivity index (χ4v) is 2.73. The lowest BCUT2D eigenvalue weighted by Gasteiger charge is -2.20. The van der Waals surface area contributed by atoms with E-state index in [0.717, 1.165) is 18.2 Å². The molecule has 0 heterocycles. The van der Waals surface area contributed by atoms with Crippen LogP contribution in [-0.2, 0) is 6.42 Å². The van der Waals surface area contributed by atoms with Gasteiger partial charge in [0, 0.05) is 12.1 Å². The molecule has 0 aromatic heterocycles. The van der Waals surface area contributed by atoms with E-state index in [-0.39, 0.29) is 6.04 Å². The Bertz CT molecular complexity index is 582. The van der Waals surface area contributed by atoms with Gasteiger partial charge in [-0.25, -0.2) is 8.78 Å². The lowest BCUT2D eigenvalue weighted by atomic mass is 9.96. The van der Waals surface area contributed by atoms with Gasteiger partial charge in [-0.15, -0.1) is 0 Å². The molecule has 21 heavy (non-hydrogen) atoms. The maximum Gasteiger partial charge on any atom is 0.126 e. The van der Waals surface area contributed by atoms with E-state index in [4.69, 9.17) is 0 Å². The van der Waals surface area contributed by atoms with Gasteiger partial charge in [0.05, 0.1) is 0 Å². The van der Waals surface area contributed by atoms with Crippen molar-refractivity contribution in [3.05, 3.63) is 70.3 Å². The van der Waals surface area contributed by atoms with Crippen LogP contribution < -0.4 is 5.32 Å². The predicted molar refractivity (Wildman–Crippen MR) is 82.4 cm³/mol. The molecule has 3 heteroatoms. The average Bonchev–Trinajstić information content (AvgIpc) is 2.35. The number of hydrogen-bond donors (Lipinski definition) is 1. The highest BCUT2D eigenvalue weighted by atomic mass is 19.1. The molecule has 2 aromatic carbocycles. The van der Waals surface area contributed by atoms with E-state index < -0.39 is 11.6 Å². The van der Waals surface area contributed by atoms with Crippen LogP contribution in [0.25, 0.3) is 0 Å². The second-order valence-electron chi connectivity index (χ2n) is 5.51. The quantitative estimate of drug-likeness (QED) is 0.856. The third kappa shape index (κ3) is 4.36. The average molecular weight is 289 g/mol. The third-order valence-electron chi connectivity index (χ3n) is 3.46. The van der Waals surface area contributed by atoms with Crippen LogP contribution in [-0.4, -0.2) is 6.54 Å². The third-order valence-corrected chi connectivity index (χ3v) is 3.46. The van der Waals surface area contributed by atoms with Gasteiger partial charge in [0.15, 0.2) is 0 Å². The van der Waals surface area contributed by atoms with Gasteiger partial charge in [-0.2, -0.15) is 0 Å².